The van der Waals surface area contributed by atoms with Crippen LogP contribution in [0.4, 0.5) is 16.3 Å². The van der Waals surface area contributed by atoms with Crippen LogP contribution in [0.1, 0.15) is 37.1 Å². The van der Waals surface area contributed by atoms with Gasteiger partial charge in [-0.15, -0.1) is 0 Å². The van der Waals surface area contributed by atoms with Crippen molar-refractivity contribution < 1.29 is 9.59 Å². The van der Waals surface area contributed by atoms with Crippen molar-refractivity contribution in [2.24, 2.45) is 10.5 Å². The number of rotatable bonds is 2. The maximum atomic E-state index is 12.6. The first-order valence-corrected chi connectivity index (χ1v) is 9.49. The monoisotopic (exact) mass is 392 g/mol. The molecule has 0 saturated carbocycles. The molecule has 0 atom stereocenters. The largest absolute Gasteiger partial charge is 0.384 e. The summed E-state index contributed by atoms with van der Waals surface area (Å²) in [5, 5.41) is 8.72. The molecule has 150 valence electrons. The summed E-state index contributed by atoms with van der Waals surface area (Å²) in [6, 6.07) is 11.0. The van der Waals surface area contributed by atoms with Crippen LogP contribution in [-0.2, 0) is 17.9 Å². The predicted molar refractivity (Wildman–Crippen MR) is 111 cm³/mol. The fraction of sp³-hybridized carbons (Fsp3) is 0.333. The highest BCUT2D eigenvalue weighted by Gasteiger charge is 2.36. The summed E-state index contributed by atoms with van der Waals surface area (Å²) in [6.07, 6.45) is 0.573. The number of carbonyl (C=O) groups is 2. The molecule has 2 aliphatic heterocycles. The lowest BCUT2D eigenvalue weighted by molar-refractivity contribution is -0.139. The van der Waals surface area contributed by atoms with Gasteiger partial charge in [-0.2, -0.15) is 5.10 Å². The van der Waals surface area contributed by atoms with E-state index in [4.69, 9.17) is 5.73 Å². The minimum Gasteiger partial charge on any atom is -0.384 e. The highest BCUT2D eigenvalue weighted by Crippen LogP contribution is 2.30. The highest BCUT2D eigenvalue weighted by atomic mass is 16.2. The van der Waals surface area contributed by atoms with E-state index in [2.05, 4.69) is 15.4 Å². The number of carbonyl (C=O) groups excluding carboxylic acids is 2. The number of hydrogen-bond donors (Lipinski definition) is 2. The van der Waals surface area contributed by atoms with Crippen LogP contribution in [0.5, 0.6) is 0 Å². The van der Waals surface area contributed by atoms with Crippen LogP contribution >= 0.6 is 0 Å². The summed E-state index contributed by atoms with van der Waals surface area (Å²) in [5.41, 5.74) is 9.58. The van der Waals surface area contributed by atoms with Crippen molar-refractivity contribution in [2.75, 3.05) is 18.1 Å². The SMILES string of the molecule is CN1N=C(c2ccc(NC(=O)N3Cc4ccc(N)nc4C3)cc2)CC(C)(C)C1=O. The third kappa shape index (κ3) is 3.65. The van der Waals surface area contributed by atoms with Crippen molar-refractivity contribution in [2.45, 2.75) is 33.4 Å². The van der Waals surface area contributed by atoms with Crippen molar-refractivity contribution in [3.8, 4) is 0 Å². The molecule has 8 heteroatoms. The van der Waals surface area contributed by atoms with Gasteiger partial charge in [-0.1, -0.05) is 32.0 Å². The minimum absolute atomic E-state index is 0.00740. The predicted octanol–water partition coefficient (Wildman–Crippen LogP) is 2.80. The Morgan fingerprint density at radius 2 is 1.86 bits per heavy atom. The molecule has 0 spiro atoms. The van der Waals surface area contributed by atoms with Gasteiger partial charge in [0.25, 0.3) is 0 Å². The third-order valence-corrected chi connectivity index (χ3v) is 5.30. The molecular weight excluding hydrogens is 368 g/mol. The molecule has 0 radical (unpaired) electrons. The van der Waals surface area contributed by atoms with E-state index >= 15 is 0 Å². The van der Waals surface area contributed by atoms with Crippen LogP contribution in [0, 0.1) is 5.41 Å². The highest BCUT2D eigenvalue weighted by molar-refractivity contribution is 6.06. The van der Waals surface area contributed by atoms with E-state index in [1.54, 1.807) is 18.0 Å². The number of benzene rings is 1. The van der Waals surface area contributed by atoms with Gasteiger partial charge in [-0.05, 0) is 29.3 Å². The topological polar surface area (TPSA) is 104 Å². The van der Waals surface area contributed by atoms with Crippen LogP contribution in [0.2, 0.25) is 0 Å². The fourth-order valence-corrected chi connectivity index (χ4v) is 3.72. The normalized spacial score (nSPS) is 17.8. The lowest BCUT2D eigenvalue weighted by Crippen LogP contribution is -2.42. The number of amides is 3. The first-order chi connectivity index (χ1) is 13.7. The van der Waals surface area contributed by atoms with Gasteiger partial charge in [0.2, 0.25) is 5.91 Å². The van der Waals surface area contributed by atoms with Crippen LogP contribution < -0.4 is 11.1 Å². The lowest BCUT2D eigenvalue weighted by atomic mass is 9.83. The average molecular weight is 392 g/mol. The van der Waals surface area contributed by atoms with Crippen LogP contribution in [-0.4, -0.2) is 39.6 Å². The number of anilines is 2. The zero-order chi connectivity index (χ0) is 20.8. The second-order valence-corrected chi connectivity index (χ2v) is 8.14. The van der Waals surface area contributed by atoms with Gasteiger partial charge in [-0.25, -0.2) is 14.8 Å². The molecule has 4 rings (SSSR count). The molecule has 0 unspecified atom stereocenters. The Hall–Kier alpha value is -3.42. The van der Waals surface area contributed by atoms with E-state index in [1.165, 1.54) is 5.01 Å². The third-order valence-electron chi connectivity index (χ3n) is 5.30. The molecule has 0 saturated heterocycles. The summed E-state index contributed by atoms with van der Waals surface area (Å²) < 4.78 is 0. The van der Waals surface area contributed by atoms with Crippen molar-refractivity contribution in [3.05, 3.63) is 53.2 Å². The van der Waals surface area contributed by atoms with Crippen LogP contribution in [0.25, 0.3) is 0 Å². The standard InChI is InChI=1S/C21H24N6O2/c1-21(2)10-16(25-26(3)19(21)28)13-4-7-15(8-5-13)23-20(29)27-11-14-6-9-18(22)24-17(14)12-27/h4-9H,10-12H2,1-3H3,(H2,22,24)(H,23,29). The second kappa shape index (κ2) is 6.88. The van der Waals surface area contributed by atoms with Crippen LogP contribution in [0.3, 0.4) is 0 Å². The molecule has 29 heavy (non-hydrogen) atoms. The van der Waals surface area contributed by atoms with Crippen molar-refractivity contribution in [3.63, 3.8) is 0 Å². The van der Waals surface area contributed by atoms with E-state index < -0.39 is 5.41 Å². The number of aromatic nitrogens is 1. The Labute approximate surface area is 169 Å². The number of nitrogens with two attached hydrogens (primary N) is 1. The van der Waals surface area contributed by atoms with Crippen molar-refractivity contribution in [1.82, 2.24) is 14.9 Å². The number of nitrogens with one attached hydrogen (secondary N) is 1. The van der Waals surface area contributed by atoms with Crippen molar-refractivity contribution in [1.29, 1.82) is 0 Å². The Balaban J connectivity index is 1.43. The van der Waals surface area contributed by atoms with Crippen molar-refractivity contribution >= 4 is 29.2 Å². The Morgan fingerprint density at radius 3 is 2.55 bits per heavy atom. The smallest absolute Gasteiger partial charge is 0.322 e. The fourth-order valence-electron chi connectivity index (χ4n) is 3.72. The number of nitrogen functional groups attached to an aromatic ring is 1. The molecule has 3 amide bonds. The summed E-state index contributed by atoms with van der Waals surface area (Å²) in [6.45, 7) is 4.80. The summed E-state index contributed by atoms with van der Waals surface area (Å²) in [4.78, 5) is 30.8. The Morgan fingerprint density at radius 1 is 1.14 bits per heavy atom. The number of pyridine rings is 1. The molecular formula is C21H24N6O2. The number of urea groups is 1. The van der Waals surface area contributed by atoms with E-state index in [-0.39, 0.29) is 11.9 Å². The summed E-state index contributed by atoms with van der Waals surface area (Å²) in [7, 11) is 1.67. The number of fused-ring (bicyclic) bond motifs is 1. The maximum absolute atomic E-state index is 12.6. The lowest BCUT2D eigenvalue weighted by Gasteiger charge is -2.32. The van der Waals surface area contributed by atoms with E-state index in [1.807, 2.05) is 44.2 Å². The average Bonchev–Trinajstić information content (AvgIpc) is 3.09. The van der Waals surface area contributed by atoms with E-state index in [0.29, 0.717) is 31.0 Å². The molecule has 2 aromatic rings. The van der Waals surface area contributed by atoms with E-state index in [0.717, 1.165) is 22.5 Å². The molecule has 0 bridgehead atoms. The molecule has 1 aromatic heterocycles. The Kier molecular flexibility index (Phi) is 4.49. The van der Waals surface area contributed by atoms with Crippen LogP contribution in [0.15, 0.2) is 41.5 Å². The van der Waals surface area contributed by atoms with Gasteiger partial charge >= 0.3 is 6.03 Å². The Bertz CT molecular complexity index is 1010. The zero-order valence-electron chi connectivity index (χ0n) is 16.8. The molecule has 0 fully saturated rings. The van der Waals surface area contributed by atoms with Gasteiger partial charge in [-0.3, -0.25) is 4.79 Å². The minimum atomic E-state index is -0.485. The van der Waals surface area contributed by atoms with Gasteiger partial charge in [0.1, 0.15) is 5.82 Å². The molecule has 3 heterocycles. The second-order valence-electron chi connectivity index (χ2n) is 8.14. The first kappa shape index (κ1) is 18.9. The molecule has 8 nitrogen and oxygen atoms in total. The molecule has 0 aliphatic carbocycles. The van der Waals surface area contributed by atoms with Gasteiger partial charge in [0.15, 0.2) is 0 Å². The number of nitrogens with zero attached hydrogens (tertiary/aromatic N) is 4. The number of hydrazone groups is 1. The summed E-state index contributed by atoms with van der Waals surface area (Å²) in [5.74, 6) is 0.468. The molecule has 1 aromatic carbocycles. The first-order valence-electron chi connectivity index (χ1n) is 9.49. The zero-order valence-corrected chi connectivity index (χ0v) is 16.8. The molecule has 3 N–H and O–H groups in total. The number of hydrogen-bond acceptors (Lipinski definition) is 5. The van der Waals surface area contributed by atoms with Gasteiger partial charge in [0, 0.05) is 25.7 Å². The quantitative estimate of drug-likeness (QED) is 0.820. The van der Waals surface area contributed by atoms with E-state index in [9.17, 15) is 9.59 Å². The van der Waals surface area contributed by atoms with Gasteiger partial charge < -0.3 is 16.0 Å². The van der Waals surface area contributed by atoms with Gasteiger partial charge in [0.05, 0.1) is 23.4 Å². The summed E-state index contributed by atoms with van der Waals surface area (Å²) >= 11 is 0. The molecule has 2 aliphatic rings. The maximum Gasteiger partial charge on any atom is 0.322 e.